The van der Waals surface area contributed by atoms with E-state index in [2.05, 4.69) is 15.3 Å². The summed E-state index contributed by atoms with van der Waals surface area (Å²) in [4.78, 5) is 8.23. The monoisotopic (exact) mass is 498 g/mol. The Hall–Kier alpha value is -3.92. The summed E-state index contributed by atoms with van der Waals surface area (Å²) in [5.74, 6) is -1.47. The Kier molecular flexibility index (Phi) is 7.02. The average Bonchev–Trinajstić information content (AvgIpc) is 2.79. The van der Waals surface area contributed by atoms with Crippen molar-refractivity contribution in [3.63, 3.8) is 0 Å². The highest BCUT2D eigenvalue weighted by atomic mass is 32.2. The van der Waals surface area contributed by atoms with Crippen molar-refractivity contribution in [2.24, 2.45) is 0 Å². The first-order valence-electron chi connectivity index (χ1n) is 10.4. The standard InChI is InChI=1S/C25H21F3N4O2S/c1-35(29,33)15-17-3-2-4-20(11-17)31-25-30-13-22(28)24(32-25)21-10-9-19(27)12-23(21)34-14-16-5-7-18(26)8-6-16/h2-13,29H,14-15H2,1H3,(H,30,31,32). The molecule has 1 heterocycles. The lowest BCUT2D eigenvalue weighted by molar-refractivity contribution is 0.305. The number of ether oxygens (including phenoxy) is 1. The second-order valence-electron chi connectivity index (χ2n) is 7.92. The normalized spacial score (nSPS) is 12.7. The van der Waals surface area contributed by atoms with Crippen molar-refractivity contribution >= 4 is 21.4 Å². The van der Waals surface area contributed by atoms with Crippen LogP contribution in [0.4, 0.5) is 24.8 Å². The summed E-state index contributed by atoms with van der Waals surface area (Å²) in [6.07, 6.45) is 2.35. The van der Waals surface area contributed by atoms with Crippen molar-refractivity contribution in [2.45, 2.75) is 12.4 Å². The van der Waals surface area contributed by atoms with E-state index in [1.54, 1.807) is 24.3 Å². The van der Waals surface area contributed by atoms with Crippen LogP contribution in [0, 0.1) is 22.2 Å². The summed E-state index contributed by atoms with van der Waals surface area (Å²) in [7, 11) is -2.72. The predicted octanol–water partition coefficient (Wildman–Crippen LogP) is 6.06. The van der Waals surface area contributed by atoms with Gasteiger partial charge in [0.05, 0.1) is 11.9 Å². The van der Waals surface area contributed by atoms with E-state index in [0.29, 0.717) is 16.8 Å². The molecule has 0 saturated heterocycles. The van der Waals surface area contributed by atoms with Crippen molar-refractivity contribution in [3.05, 3.63) is 102 Å². The molecule has 0 aliphatic rings. The predicted molar refractivity (Wildman–Crippen MR) is 128 cm³/mol. The molecular formula is C25H21F3N4O2S. The minimum absolute atomic E-state index is 0.0119. The van der Waals surface area contributed by atoms with Gasteiger partial charge in [-0.05, 0) is 47.5 Å². The maximum absolute atomic E-state index is 14.7. The van der Waals surface area contributed by atoms with Gasteiger partial charge in [-0.1, -0.05) is 24.3 Å². The van der Waals surface area contributed by atoms with E-state index in [0.717, 1.165) is 12.3 Å². The van der Waals surface area contributed by atoms with Crippen LogP contribution in [0.15, 0.2) is 72.9 Å². The van der Waals surface area contributed by atoms with E-state index in [-0.39, 0.29) is 35.3 Å². The largest absolute Gasteiger partial charge is 0.488 e. The Labute approximate surface area is 200 Å². The number of hydrogen-bond acceptors (Lipinski definition) is 6. The molecule has 1 atom stereocenters. The molecule has 2 N–H and O–H groups in total. The highest BCUT2D eigenvalue weighted by molar-refractivity contribution is 7.90. The Morgan fingerprint density at radius 2 is 1.71 bits per heavy atom. The summed E-state index contributed by atoms with van der Waals surface area (Å²) >= 11 is 0. The third-order valence-corrected chi connectivity index (χ3v) is 5.76. The first-order valence-corrected chi connectivity index (χ1v) is 12.6. The van der Waals surface area contributed by atoms with E-state index in [4.69, 9.17) is 9.52 Å². The Morgan fingerprint density at radius 3 is 2.46 bits per heavy atom. The fourth-order valence-corrected chi connectivity index (χ4v) is 4.17. The molecule has 0 fully saturated rings. The van der Waals surface area contributed by atoms with Crippen molar-refractivity contribution in [2.75, 3.05) is 11.6 Å². The fourth-order valence-electron chi connectivity index (χ4n) is 3.36. The Bertz CT molecular complexity index is 1460. The van der Waals surface area contributed by atoms with Crippen LogP contribution in [0.1, 0.15) is 11.1 Å². The second-order valence-corrected chi connectivity index (χ2v) is 10.2. The van der Waals surface area contributed by atoms with E-state index in [1.807, 2.05) is 0 Å². The molecule has 0 bridgehead atoms. The lowest BCUT2D eigenvalue weighted by Gasteiger charge is -2.13. The summed E-state index contributed by atoms with van der Waals surface area (Å²) < 4.78 is 67.0. The second kappa shape index (κ2) is 10.1. The topological polar surface area (TPSA) is 88.0 Å². The number of halogens is 3. The van der Waals surface area contributed by atoms with Gasteiger partial charge in [0.25, 0.3) is 0 Å². The van der Waals surface area contributed by atoms with Crippen molar-refractivity contribution in [3.8, 4) is 17.0 Å². The SMILES string of the molecule is CS(=N)(=O)Cc1cccc(Nc2ncc(F)c(-c3ccc(F)cc3OCc3ccc(F)cc3)n2)c1. The zero-order valence-electron chi connectivity index (χ0n) is 18.6. The van der Waals surface area contributed by atoms with Crippen LogP contribution in [0.3, 0.4) is 0 Å². The van der Waals surface area contributed by atoms with Crippen LogP contribution in [0.25, 0.3) is 11.3 Å². The molecule has 0 aliphatic heterocycles. The van der Waals surface area contributed by atoms with Crippen LogP contribution in [-0.4, -0.2) is 20.4 Å². The van der Waals surface area contributed by atoms with Gasteiger partial charge in [-0.2, -0.15) is 0 Å². The van der Waals surface area contributed by atoms with E-state index >= 15 is 0 Å². The molecular weight excluding hydrogens is 477 g/mol. The molecule has 0 saturated carbocycles. The summed E-state index contributed by atoms with van der Waals surface area (Å²) in [5.41, 5.74) is 2.02. The number of benzene rings is 3. The van der Waals surface area contributed by atoms with Crippen molar-refractivity contribution in [1.29, 1.82) is 4.78 Å². The van der Waals surface area contributed by atoms with Crippen LogP contribution >= 0.6 is 0 Å². The third kappa shape index (κ3) is 6.57. The highest BCUT2D eigenvalue weighted by Crippen LogP contribution is 2.32. The smallest absolute Gasteiger partial charge is 0.227 e. The number of hydrogen-bond donors (Lipinski definition) is 2. The van der Waals surface area contributed by atoms with Gasteiger partial charge in [0.2, 0.25) is 5.95 Å². The maximum atomic E-state index is 14.7. The Morgan fingerprint density at radius 1 is 0.971 bits per heavy atom. The first kappa shape index (κ1) is 24.2. The number of nitrogens with one attached hydrogen (secondary N) is 2. The number of nitrogens with zero attached hydrogens (tertiary/aromatic N) is 2. The van der Waals surface area contributed by atoms with Crippen LogP contribution in [-0.2, 0) is 22.1 Å². The number of rotatable bonds is 8. The van der Waals surface area contributed by atoms with Gasteiger partial charge in [0.15, 0.2) is 5.82 Å². The molecule has 4 rings (SSSR count). The van der Waals surface area contributed by atoms with Gasteiger partial charge < -0.3 is 10.1 Å². The van der Waals surface area contributed by atoms with Crippen LogP contribution in [0.2, 0.25) is 0 Å². The molecule has 0 aliphatic carbocycles. The van der Waals surface area contributed by atoms with Crippen molar-refractivity contribution in [1.82, 2.24) is 9.97 Å². The Balaban J connectivity index is 1.61. The highest BCUT2D eigenvalue weighted by Gasteiger charge is 2.16. The minimum Gasteiger partial charge on any atom is -0.488 e. The van der Waals surface area contributed by atoms with Crippen molar-refractivity contribution < 1.29 is 22.1 Å². The molecule has 0 spiro atoms. The molecule has 1 unspecified atom stereocenters. The molecule has 6 nitrogen and oxygen atoms in total. The van der Waals surface area contributed by atoms with Gasteiger partial charge in [-0.25, -0.2) is 27.3 Å². The van der Waals surface area contributed by atoms with Gasteiger partial charge in [-0.15, -0.1) is 0 Å². The molecule has 0 radical (unpaired) electrons. The molecule has 1 aromatic heterocycles. The van der Waals surface area contributed by atoms with Gasteiger partial charge >= 0.3 is 0 Å². The molecule has 4 aromatic rings. The van der Waals surface area contributed by atoms with E-state index in [9.17, 15) is 17.4 Å². The molecule has 0 amide bonds. The summed E-state index contributed by atoms with van der Waals surface area (Å²) in [5, 5.41) is 2.97. The summed E-state index contributed by atoms with van der Waals surface area (Å²) in [6.45, 7) is 0.0119. The van der Waals surface area contributed by atoms with Crippen LogP contribution in [0.5, 0.6) is 5.75 Å². The van der Waals surface area contributed by atoms with Gasteiger partial charge in [-0.3, -0.25) is 4.78 Å². The average molecular weight is 499 g/mol. The first-order chi connectivity index (χ1) is 16.7. The van der Waals surface area contributed by atoms with Gasteiger partial charge in [0.1, 0.15) is 29.7 Å². The third-order valence-electron chi connectivity index (χ3n) is 4.88. The molecule has 3 aromatic carbocycles. The molecule has 10 heteroatoms. The van der Waals surface area contributed by atoms with E-state index < -0.39 is 27.2 Å². The van der Waals surface area contributed by atoms with E-state index in [1.165, 1.54) is 42.7 Å². The lowest BCUT2D eigenvalue weighted by Crippen LogP contribution is -2.04. The van der Waals surface area contributed by atoms with Crippen LogP contribution < -0.4 is 10.1 Å². The number of anilines is 2. The molecule has 180 valence electrons. The lowest BCUT2D eigenvalue weighted by atomic mass is 10.1. The fraction of sp³-hybridized carbons (Fsp3) is 0.120. The minimum atomic E-state index is -2.72. The summed E-state index contributed by atoms with van der Waals surface area (Å²) in [6, 6.07) is 16.2. The maximum Gasteiger partial charge on any atom is 0.227 e. The number of aromatic nitrogens is 2. The zero-order chi connectivity index (χ0) is 25.0. The zero-order valence-corrected chi connectivity index (χ0v) is 19.4. The quantitative estimate of drug-likeness (QED) is 0.308. The van der Waals surface area contributed by atoms with Gasteiger partial charge in [0, 0.05) is 33.3 Å². The molecule has 35 heavy (non-hydrogen) atoms.